The summed E-state index contributed by atoms with van der Waals surface area (Å²) in [7, 11) is 5.53. The van der Waals surface area contributed by atoms with E-state index in [-0.39, 0.29) is 24.0 Å². The predicted octanol–water partition coefficient (Wildman–Crippen LogP) is 4.22. The summed E-state index contributed by atoms with van der Waals surface area (Å²) in [6.07, 6.45) is 2.31. The molecule has 0 bridgehead atoms. The Morgan fingerprint density at radius 2 is 1.65 bits per heavy atom. The van der Waals surface area contributed by atoms with Crippen LogP contribution in [0.5, 0.6) is 5.75 Å². The number of guanidine groups is 1. The number of hydrogen-bond donors (Lipinski definition) is 1. The van der Waals surface area contributed by atoms with E-state index < -0.39 is 0 Å². The largest absolute Gasteiger partial charge is 0.497 e. The van der Waals surface area contributed by atoms with Crippen molar-refractivity contribution in [3.8, 4) is 5.75 Å². The number of hydrogen-bond acceptors (Lipinski definition) is 4. The fraction of sp³-hybridized carbons (Fsp3) is 0.458. The molecule has 6 nitrogen and oxygen atoms in total. The van der Waals surface area contributed by atoms with Gasteiger partial charge in [-0.2, -0.15) is 0 Å². The number of nitrogens with one attached hydrogen (secondary N) is 1. The normalized spacial score (nSPS) is 14.6. The van der Waals surface area contributed by atoms with E-state index in [1.54, 1.807) is 7.11 Å². The van der Waals surface area contributed by atoms with E-state index in [4.69, 9.17) is 14.2 Å². The Labute approximate surface area is 203 Å². The van der Waals surface area contributed by atoms with Gasteiger partial charge in [-0.1, -0.05) is 36.4 Å². The minimum Gasteiger partial charge on any atom is -0.497 e. The monoisotopic (exact) mass is 539 g/mol. The third kappa shape index (κ3) is 8.31. The molecule has 0 aliphatic carbocycles. The molecule has 2 aromatic carbocycles. The topological polar surface area (TPSA) is 55.3 Å². The van der Waals surface area contributed by atoms with Crippen LogP contribution in [-0.4, -0.2) is 51.4 Å². The zero-order chi connectivity index (χ0) is 21.2. The Kier molecular flexibility index (Phi) is 11.1. The maximum Gasteiger partial charge on any atom is 0.193 e. The molecule has 1 fully saturated rings. The minimum atomic E-state index is 0. The lowest BCUT2D eigenvalue weighted by Gasteiger charge is -2.23. The van der Waals surface area contributed by atoms with Crippen LogP contribution in [-0.2, 0) is 29.2 Å². The number of ether oxygens (including phenoxy) is 3. The van der Waals surface area contributed by atoms with Crippen LogP contribution in [0.1, 0.15) is 29.5 Å². The average Bonchev–Trinajstić information content (AvgIpc) is 2.80. The van der Waals surface area contributed by atoms with Crippen molar-refractivity contribution in [2.45, 2.75) is 38.6 Å². The van der Waals surface area contributed by atoms with Crippen molar-refractivity contribution in [3.05, 3.63) is 65.2 Å². The van der Waals surface area contributed by atoms with Gasteiger partial charge in [0.1, 0.15) is 5.75 Å². The molecule has 1 aliphatic heterocycles. The quantitative estimate of drug-likeness (QED) is 0.310. The van der Waals surface area contributed by atoms with Crippen LogP contribution < -0.4 is 10.1 Å². The van der Waals surface area contributed by atoms with Gasteiger partial charge in [0.2, 0.25) is 0 Å². The molecule has 2 aromatic rings. The van der Waals surface area contributed by atoms with Crippen molar-refractivity contribution in [2.24, 2.45) is 4.99 Å². The first-order valence-corrected chi connectivity index (χ1v) is 10.5. The summed E-state index contributed by atoms with van der Waals surface area (Å²) in [4.78, 5) is 6.52. The molecule has 0 radical (unpaired) electrons. The lowest BCUT2D eigenvalue weighted by Crippen LogP contribution is -2.38. The second kappa shape index (κ2) is 13.5. The lowest BCUT2D eigenvalue weighted by atomic mass is 10.1. The van der Waals surface area contributed by atoms with Crippen LogP contribution in [0.2, 0.25) is 0 Å². The van der Waals surface area contributed by atoms with Crippen molar-refractivity contribution in [2.75, 3.05) is 34.4 Å². The minimum absolute atomic E-state index is 0. The summed E-state index contributed by atoms with van der Waals surface area (Å²) >= 11 is 0. The van der Waals surface area contributed by atoms with Crippen LogP contribution in [0.3, 0.4) is 0 Å². The van der Waals surface area contributed by atoms with E-state index in [9.17, 15) is 0 Å². The summed E-state index contributed by atoms with van der Waals surface area (Å²) in [6.45, 7) is 3.77. The molecule has 0 atom stereocenters. The third-order valence-electron chi connectivity index (χ3n) is 5.28. The number of methoxy groups -OCH3 is 1. The van der Waals surface area contributed by atoms with Crippen LogP contribution in [0.4, 0.5) is 0 Å². The van der Waals surface area contributed by atoms with Crippen molar-refractivity contribution in [1.82, 2.24) is 10.2 Å². The van der Waals surface area contributed by atoms with Crippen LogP contribution in [0, 0.1) is 0 Å². The van der Waals surface area contributed by atoms with Gasteiger partial charge in [-0.3, -0.25) is 4.99 Å². The van der Waals surface area contributed by atoms with Gasteiger partial charge in [0.25, 0.3) is 0 Å². The highest BCUT2D eigenvalue weighted by Gasteiger charge is 2.14. The zero-order valence-corrected chi connectivity index (χ0v) is 21.0. The van der Waals surface area contributed by atoms with Crippen LogP contribution in [0.15, 0.2) is 53.5 Å². The first-order chi connectivity index (χ1) is 14.7. The fourth-order valence-electron chi connectivity index (χ4n) is 3.46. The molecule has 0 saturated carbocycles. The van der Waals surface area contributed by atoms with Gasteiger partial charge in [-0.15, -0.1) is 24.0 Å². The maximum absolute atomic E-state index is 6.00. The van der Waals surface area contributed by atoms with Crippen molar-refractivity contribution < 1.29 is 14.2 Å². The van der Waals surface area contributed by atoms with E-state index in [1.165, 1.54) is 16.7 Å². The molecule has 1 saturated heterocycles. The van der Waals surface area contributed by atoms with E-state index in [2.05, 4.69) is 51.6 Å². The highest BCUT2D eigenvalue weighted by molar-refractivity contribution is 14.0. The zero-order valence-electron chi connectivity index (χ0n) is 18.7. The molecular formula is C24H34IN3O3. The molecule has 0 spiro atoms. The second-order valence-corrected chi connectivity index (χ2v) is 7.54. The smallest absolute Gasteiger partial charge is 0.193 e. The van der Waals surface area contributed by atoms with Gasteiger partial charge in [0.05, 0.1) is 19.8 Å². The Hall–Kier alpha value is -1.84. The number of halogens is 1. The Morgan fingerprint density at radius 3 is 2.26 bits per heavy atom. The fourth-order valence-corrected chi connectivity index (χ4v) is 3.46. The SMILES string of the molecule is CN=C(NCc1ccc(COC2CCOCC2)cc1)N(C)Cc1ccc(OC)cc1.I. The number of benzene rings is 2. The van der Waals surface area contributed by atoms with Gasteiger partial charge >= 0.3 is 0 Å². The molecular weight excluding hydrogens is 505 g/mol. The van der Waals surface area contributed by atoms with E-state index >= 15 is 0 Å². The third-order valence-corrected chi connectivity index (χ3v) is 5.28. The van der Waals surface area contributed by atoms with Crippen molar-refractivity contribution >= 4 is 29.9 Å². The highest BCUT2D eigenvalue weighted by atomic mass is 127. The predicted molar refractivity (Wildman–Crippen MR) is 135 cm³/mol. The van der Waals surface area contributed by atoms with Crippen LogP contribution in [0.25, 0.3) is 0 Å². The lowest BCUT2D eigenvalue weighted by molar-refractivity contribution is -0.0390. The Morgan fingerprint density at radius 1 is 1.03 bits per heavy atom. The molecule has 3 rings (SSSR count). The maximum atomic E-state index is 6.00. The first-order valence-electron chi connectivity index (χ1n) is 10.5. The number of rotatable bonds is 8. The summed E-state index contributed by atoms with van der Waals surface area (Å²) in [6, 6.07) is 16.7. The highest BCUT2D eigenvalue weighted by Crippen LogP contribution is 2.15. The molecule has 0 unspecified atom stereocenters. The molecule has 31 heavy (non-hydrogen) atoms. The van der Waals surface area contributed by atoms with E-state index in [0.29, 0.717) is 12.7 Å². The molecule has 1 heterocycles. The molecule has 1 N–H and O–H groups in total. The molecule has 0 amide bonds. The Bertz CT molecular complexity index is 791. The van der Waals surface area contributed by atoms with Crippen LogP contribution >= 0.6 is 24.0 Å². The first kappa shape index (κ1) is 25.4. The number of aliphatic imine (C=N–C) groups is 1. The summed E-state index contributed by atoms with van der Waals surface area (Å²) in [5, 5.41) is 3.44. The summed E-state index contributed by atoms with van der Waals surface area (Å²) in [5.74, 6) is 1.73. The molecule has 0 aromatic heterocycles. The van der Waals surface area contributed by atoms with Gasteiger partial charge in [0, 0.05) is 40.4 Å². The van der Waals surface area contributed by atoms with E-state index in [1.807, 2.05) is 26.2 Å². The summed E-state index contributed by atoms with van der Waals surface area (Å²) in [5.41, 5.74) is 3.62. The summed E-state index contributed by atoms with van der Waals surface area (Å²) < 4.78 is 16.6. The van der Waals surface area contributed by atoms with Crippen molar-refractivity contribution in [1.29, 1.82) is 0 Å². The second-order valence-electron chi connectivity index (χ2n) is 7.54. The van der Waals surface area contributed by atoms with Crippen molar-refractivity contribution in [3.63, 3.8) is 0 Å². The molecule has 1 aliphatic rings. The van der Waals surface area contributed by atoms with E-state index in [0.717, 1.165) is 50.9 Å². The number of nitrogens with zero attached hydrogens (tertiary/aromatic N) is 2. The standard InChI is InChI=1S/C24H33N3O3.HI/c1-25-24(27(2)17-20-8-10-22(28-3)11-9-20)26-16-19-4-6-21(7-5-19)18-30-23-12-14-29-15-13-23;/h4-11,23H,12-18H2,1-3H3,(H,25,26);1H. The van der Waals surface area contributed by atoms with Gasteiger partial charge in [-0.25, -0.2) is 0 Å². The van der Waals surface area contributed by atoms with Gasteiger partial charge in [0.15, 0.2) is 5.96 Å². The van der Waals surface area contributed by atoms with Gasteiger partial charge < -0.3 is 24.4 Å². The Balaban J connectivity index is 0.00000341. The molecule has 170 valence electrons. The molecule has 7 heteroatoms. The van der Waals surface area contributed by atoms with Gasteiger partial charge in [-0.05, 0) is 41.7 Å². The average molecular weight is 539 g/mol.